The number of allylic oxidation sites excluding steroid dienone is 5. The standard InChI is InChI=1S/C37H31O6P3.C7H10/c1-38-45(39-30-18-6-2-7-19-30)42-34-26-14-16-28-36(34)44(33-24-12-5-13-25-33)37-29-17-15-27-35(37)43-46(40-31-20-8-3-9-21-31)41-32-22-10-4-11-23-32;1-3-5-7-6-4-2/h2-29H,1H3;3-7H,1H2,2H3/b;6-4-,7-5-. The molecule has 0 radical (unpaired) electrons. The average molecular weight is 759 g/mol. The first-order valence-corrected chi connectivity index (χ1v) is 20.3. The largest absolute Gasteiger partial charge is 0.530 e. The predicted octanol–water partition coefficient (Wildman–Crippen LogP) is 11.8. The Kier molecular flexibility index (Phi) is 16.2. The van der Waals surface area contributed by atoms with Gasteiger partial charge in [0, 0.05) is 17.7 Å². The van der Waals surface area contributed by atoms with Gasteiger partial charge in [0.05, 0.1) is 0 Å². The molecule has 0 aliphatic rings. The molecule has 6 rings (SSSR count). The van der Waals surface area contributed by atoms with Gasteiger partial charge in [0.15, 0.2) is 0 Å². The molecule has 0 aromatic heterocycles. The molecular weight excluding hydrogens is 717 g/mol. The van der Waals surface area contributed by atoms with Crippen LogP contribution in [0.3, 0.4) is 0 Å². The lowest BCUT2D eigenvalue weighted by Crippen LogP contribution is -2.23. The van der Waals surface area contributed by atoms with Crippen LogP contribution < -0.4 is 38.5 Å². The quantitative estimate of drug-likeness (QED) is 0.0724. The monoisotopic (exact) mass is 758 g/mol. The van der Waals surface area contributed by atoms with E-state index in [1.165, 1.54) is 0 Å². The summed E-state index contributed by atoms with van der Waals surface area (Å²) in [6.07, 6.45) is 9.51. The Bertz CT molecular complexity index is 1950. The van der Waals surface area contributed by atoms with Crippen molar-refractivity contribution in [1.29, 1.82) is 0 Å². The molecular formula is C44H41O6P3. The van der Waals surface area contributed by atoms with Gasteiger partial charge in [0.2, 0.25) is 0 Å². The summed E-state index contributed by atoms with van der Waals surface area (Å²) in [7, 11) is -3.20. The van der Waals surface area contributed by atoms with Crippen molar-refractivity contribution in [2.75, 3.05) is 7.11 Å². The van der Waals surface area contributed by atoms with Crippen molar-refractivity contribution in [3.05, 3.63) is 207 Å². The maximum atomic E-state index is 6.65. The third-order valence-electron chi connectivity index (χ3n) is 7.04. The predicted molar refractivity (Wildman–Crippen MR) is 223 cm³/mol. The van der Waals surface area contributed by atoms with E-state index in [0.29, 0.717) is 28.7 Å². The Morgan fingerprint density at radius 1 is 0.434 bits per heavy atom. The van der Waals surface area contributed by atoms with Gasteiger partial charge in [-0.1, -0.05) is 158 Å². The van der Waals surface area contributed by atoms with E-state index >= 15 is 0 Å². The molecule has 0 N–H and O–H groups in total. The Hall–Kier alpha value is -5.21. The second-order valence-electron chi connectivity index (χ2n) is 10.8. The lowest BCUT2D eigenvalue weighted by atomic mass is 10.3. The first-order valence-electron chi connectivity index (χ1n) is 16.8. The molecule has 0 spiro atoms. The number of rotatable bonds is 16. The molecule has 6 nitrogen and oxygen atoms in total. The van der Waals surface area contributed by atoms with E-state index in [9.17, 15) is 0 Å². The molecule has 268 valence electrons. The highest BCUT2D eigenvalue weighted by molar-refractivity contribution is 7.80. The molecule has 2 unspecified atom stereocenters. The van der Waals surface area contributed by atoms with E-state index in [4.69, 9.17) is 27.1 Å². The van der Waals surface area contributed by atoms with Crippen molar-refractivity contribution < 1.29 is 27.1 Å². The topological polar surface area (TPSA) is 55.4 Å². The first-order chi connectivity index (χ1) is 26.2. The van der Waals surface area contributed by atoms with Crippen LogP contribution in [0.5, 0.6) is 28.7 Å². The molecule has 6 aromatic carbocycles. The molecule has 0 saturated carbocycles. The van der Waals surface area contributed by atoms with Gasteiger partial charge in [-0.05, 0) is 68.7 Å². The fourth-order valence-corrected chi connectivity index (χ4v) is 9.09. The van der Waals surface area contributed by atoms with Crippen LogP contribution in [0.15, 0.2) is 207 Å². The van der Waals surface area contributed by atoms with Gasteiger partial charge in [0.25, 0.3) is 0 Å². The van der Waals surface area contributed by atoms with Crippen molar-refractivity contribution in [3.63, 3.8) is 0 Å². The lowest BCUT2D eigenvalue weighted by Gasteiger charge is -2.26. The van der Waals surface area contributed by atoms with E-state index in [0.717, 1.165) is 15.9 Å². The maximum absolute atomic E-state index is 6.65. The smallest absolute Gasteiger partial charge is 0.418 e. The fraction of sp³-hybridized carbons (Fsp3) is 0.0455. The highest BCUT2D eigenvalue weighted by Crippen LogP contribution is 2.47. The Morgan fingerprint density at radius 3 is 1.26 bits per heavy atom. The van der Waals surface area contributed by atoms with E-state index in [-0.39, 0.29) is 0 Å². The molecule has 53 heavy (non-hydrogen) atoms. The molecule has 2 atom stereocenters. The first kappa shape index (κ1) is 39.0. The molecule has 0 saturated heterocycles. The van der Waals surface area contributed by atoms with E-state index in [1.54, 1.807) is 13.2 Å². The lowest BCUT2D eigenvalue weighted by molar-refractivity contribution is 0.324. The zero-order valence-corrected chi connectivity index (χ0v) is 32.2. The van der Waals surface area contributed by atoms with Crippen molar-refractivity contribution in [2.24, 2.45) is 0 Å². The highest BCUT2D eigenvalue weighted by Gasteiger charge is 2.28. The summed E-state index contributed by atoms with van der Waals surface area (Å²) in [5.74, 6) is 3.29. The molecule has 9 heteroatoms. The summed E-state index contributed by atoms with van der Waals surface area (Å²) in [4.78, 5) is 0. The van der Waals surface area contributed by atoms with Crippen LogP contribution in [0.2, 0.25) is 0 Å². The van der Waals surface area contributed by atoms with Crippen LogP contribution >= 0.6 is 25.1 Å². The van der Waals surface area contributed by atoms with Crippen LogP contribution in [0.1, 0.15) is 6.92 Å². The minimum absolute atomic E-state index is 0.650. The second-order valence-corrected chi connectivity index (χ2v) is 15.1. The molecule has 6 aromatic rings. The zero-order chi connectivity index (χ0) is 36.9. The van der Waals surface area contributed by atoms with Crippen LogP contribution in [0, 0.1) is 0 Å². The van der Waals surface area contributed by atoms with Gasteiger partial charge in [-0.3, -0.25) is 4.52 Å². The summed E-state index contributed by atoms with van der Waals surface area (Å²) in [5.41, 5.74) is 0. The van der Waals surface area contributed by atoms with Gasteiger partial charge in [-0.15, -0.1) is 0 Å². The van der Waals surface area contributed by atoms with Crippen molar-refractivity contribution in [3.8, 4) is 28.7 Å². The van der Waals surface area contributed by atoms with Gasteiger partial charge >= 0.3 is 17.2 Å². The molecule has 0 aliphatic heterocycles. The van der Waals surface area contributed by atoms with Crippen molar-refractivity contribution in [2.45, 2.75) is 6.92 Å². The minimum Gasteiger partial charge on any atom is -0.418 e. The van der Waals surface area contributed by atoms with E-state index in [2.05, 4.69) is 30.8 Å². The summed E-state index contributed by atoms with van der Waals surface area (Å²) in [6.45, 7) is 5.49. The Morgan fingerprint density at radius 2 is 0.830 bits per heavy atom. The minimum atomic E-state index is -1.88. The summed E-state index contributed by atoms with van der Waals surface area (Å²) in [6, 6.07) is 55.0. The zero-order valence-electron chi connectivity index (χ0n) is 29.6. The van der Waals surface area contributed by atoms with Crippen LogP contribution in [0.25, 0.3) is 0 Å². The summed E-state index contributed by atoms with van der Waals surface area (Å²) < 4.78 is 37.4. The molecule has 0 amide bonds. The molecule has 0 bridgehead atoms. The molecule has 0 fully saturated rings. The number of benzene rings is 6. The van der Waals surface area contributed by atoms with Crippen LogP contribution in [0.4, 0.5) is 0 Å². The number of hydrogen-bond acceptors (Lipinski definition) is 6. The third kappa shape index (κ3) is 12.5. The molecule has 0 heterocycles. The van der Waals surface area contributed by atoms with Crippen molar-refractivity contribution in [1.82, 2.24) is 0 Å². The van der Waals surface area contributed by atoms with Gasteiger partial charge in [-0.2, -0.15) is 0 Å². The van der Waals surface area contributed by atoms with E-state index in [1.807, 2.05) is 177 Å². The average Bonchev–Trinajstić information content (AvgIpc) is 3.21. The number of hydrogen-bond donors (Lipinski definition) is 0. The van der Waals surface area contributed by atoms with Gasteiger partial charge < -0.3 is 22.6 Å². The SMILES string of the molecule is C=C/C=C\C=C/C.COP(Oc1ccccc1)Oc1ccccc1P(c1ccccc1)c1ccccc1OP(Oc1ccccc1)Oc1ccccc1. The Balaban J connectivity index is 0.000000705. The summed E-state index contributed by atoms with van der Waals surface area (Å²) >= 11 is 0. The summed E-state index contributed by atoms with van der Waals surface area (Å²) in [5, 5.41) is 3.08. The van der Waals surface area contributed by atoms with Gasteiger partial charge in [-0.25, -0.2) is 0 Å². The van der Waals surface area contributed by atoms with E-state index < -0.39 is 25.1 Å². The number of para-hydroxylation sites is 5. The molecule has 0 aliphatic carbocycles. The maximum Gasteiger partial charge on any atom is 0.530 e. The fourth-order valence-electron chi connectivity index (χ4n) is 4.69. The van der Waals surface area contributed by atoms with Crippen molar-refractivity contribution >= 4 is 41.0 Å². The van der Waals surface area contributed by atoms with Crippen LogP contribution in [-0.4, -0.2) is 7.11 Å². The third-order valence-corrected chi connectivity index (χ3v) is 11.6. The normalized spacial score (nSPS) is 12.0. The second kappa shape index (κ2) is 22.0. The highest BCUT2D eigenvalue weighted by atomic mass is 31.2. The van der Waals surface area contributed by atoms with Crippen LogP contribution in [-0.2, 0) is 4.52 Å². The Labute approximate surface area is 316 Å². The van der Waals surface area contributed by atoms with Gasteiger partial charge in [0.1, 0.15) is 28.7 Å².